The molecule has 2 aliphatic rings. The fourth-order valence-electron chi connectivity index (χ4n) is 4.84. The lowest BCUT2D eigenvalue weighted by atomic mass is 9.73. The van der Waals surface area contributed by atoms with Gasteiger partial charge in [0, 0.05) is 31.0 Å². The second-order valence-electron chi connectivity index (χ2n) is 9.38. The number of nitrogens with zero attached hydrogens (tertiary/aromatic N) is 1. The Morgan fingerprint density at radius 1 is 1.12 bits per heavy atom. The molecule has 2 aliphatic heterocycles. The highest BCUT2D eigenvalue weighted by atomic mass is 19.1. The maximum atomic E-state index is 14.6. The highest BCUT2D eigenvalue weighted by Gasteiger charge is 2.43. The lowest BCUT2D eigenvalue weighted by molar-refractivity contribution is -0.125. The van der Waals surface area contributed by atoms with E-state index < -0.39 is 5.41 Å². The van der Waals surface area contributed by atoms with Gasteiger partial charge < -0.3 is 19.7 Å². The molecule has 2 aromatic rings. The van der Waals surface area contributed by atoms with Gasteiger partial charge in [0.25, 0.3) is 0 Å². The van der Waals surface area contributed by atoms with Crippen LogP contribution in [0.3, 0.4) is 0 Å². The van der Waals surface area contributed by atoms with E-state index in [1.54, 1.807) is 18.2 Å². The first-order chi connectivity index (χ1) is 16.1. The van der Waals surface area contributed by atoms with E-state index in [2.05, 4.69) is 17.1 Å². The molecule has 178 valence electrons. The standard InChI is InChI=1S/C27H35FN2O3/c1-21-11-16-30(17-12-21)15-4-18-33-23-9-7-22(8-10-23)29-26(31)27(13-19-32-20-14-27)24-5-2-3-6-25(24)28/h2-3,5-10,21H,4,11-20H2,1H3,(H,29,31). The van der Waals surface area contributed by atoms with Gasteiger partial charge in [-0.2, -0.15) is 0 Å². The number of amides is 1. The number of ether oxygens (including phenoxy) is 2. The Hall–Kier alpha value is -2.44. The minimum atomic E-state index is -0.926. The number of hydrogen-bond donors (Lipinski definition) is 1. The van der Waals surface area contributed by atoms with E-state index in [4.69, 9.17) is 9.47 Å². The summed E-state index contributed by atoms with van der Waals surface area (Å²) in [6, 6.07) is 14.0. The molecule has 33 heavy (non-hydrogen) atoms. The Morgan fingerprint density at radius 3 is 2.52 bits per heavy atom. The van der Waals surface area contributed by atoms with E-state index in [9.17, 15) is 9.18 Å². The average molecular weight is 455 g/mol. The van der Waals surface area contributed by atoms with Crippen LogP contribution in [0.5, 0.6) is 5.75 Å². The summed E-state index contributed by atoms with van der Waals surface area (Å²) >= 11 is 0. The van der Waals surface area contributed by atoms with Gasteiger partial charge in [-0.25, -0.2) is 4.39 Å². The molecule has 2 saturated heterocycles. The van der Waals surface area contributed by atoms with Gasteiger partial charge in [0.05, 0.1) is 12.0 Å². The number of halogens is 1. The summed E-state index contributed by atoms with van der Waals surface area (Å²) in [6.45, 7) is 7.33. The Balaban J connectivity index is 1.31. The summed E-state index contributed by atoms with van der Waals surface area (Å²) in [6.07, 6.45) is 4.49. The second-order valence-corrected chi connectivity index (χ2v) is 9.38. The van der Waals surface area contributed by atoms with E-state index in [1.807, 2.05) is 24.3 Å². The predicted molar refractivity (Wildman–Crippen MR) is 128 cm³/mol. The smallest absolute Gasteiger partial charge is 0.235 e. The summed E-state index contributed by atoms with van der Waals surface area (Å²) in [5.74, 6) is 1.09. The SMILES string of the molecule is CC1CCN(CCCOc2ccc(NC(=O)C3(c4ccccc4F)CCOCC3)cc2)CC1. The van der Waals surface area contributed by atoms with Crippen LogP contribution in [0.4, 0.5) is 10.1 Å². The minimum absolute atomic E-state index is 0.194. The van der Waals surface area contributed by atoms with Crippen molar-refractivity contribution in [3.8, 4) is 5.75 Å². The molecule has 2 aromatic carbocycles. The van der Waals surface area contributed by atoms with Crippen LogP contribution in [0.2, 0.25) is 0 Å². The van der Waals surface area contributed by atoms with Crippen LogP contribution in [0.1, 0.15) is 44.6 Å². The van der Waals surface area contributed by atoms with Gasteiger partial charge in [-0.3, -0.25) is 4.79 Å². The molecule has 6 heteroatoms. The third-order valence-electron chi connectivity index (χ3n) is 7.05. The molecule has 1 amide bonds. The zero-order chi connectivity index (χ0) is 23.1. The zero-order valence-electron chi connectivity index (χ0n) is 19.5. The number of likely N-dealkylation sites (tertiary alicyclic amines) is 1. The molecule has 0 saturated carbocycles. The van der Waals surface area contributed by atoms with Gasteiger partial charge in [-0.15, -0.1) is 0 Å². The van der Waals surface area contributed by atoms with Crippen LogP contribution in [0, 0.1) is 11.7 Å². The Morgan fingerprint density at radius 2 is 1.82 bits per heavy atom. The van der Waals surface area contributed by atoms with Crippen LogP contribution >= 0.6 is 0 Å². The highest BCUT2D eigenvalue weighted by molar-refractivity contribution is 5.99. The lowest BCUT2D eigenvalue weighted by Gasteiger charge is -2.36. The second kappa shape index (κ2) is 11.1. The summed E-state index contributed by atoms with van der Waals surface area (Å²) in [4.78, 5) is 15.9. The zero-order valence-corrected chi connectivity index (χ0v) is 19.5. The molecule has 2 fully saturated rings. The van der Waals surface area contributed by atoms with Crippen molar-refractivity contribution in [1.82, 2.24) is 4.90 Å². The number of benzene rings is 2. The normalized spacial score (nSPS) is 19.2. The molecule has 0 radical (unpaired) electrons. The number of carbonyl (C=O) groups excluding carboxylic acids is 1. The number of carbonyl (C=O) groups is 1. The predicted octanol–water partition coefficient (Wildman–Crippen LogP) is 5.01. The van der Waals surface area contributed by atoms with E-state index in [-0.39, 0.29) is 11.7 Å². The van der Waals surface area contributed by atoms with Gasteiger partial charge >= 0.3 is 0 Å². The van der Waals surface area contributed by atoms with E-state index in [0.29, 0.717) is 43.9 Å². The first-order valence-electron chi connectivity index (χ1n) is 12.2. The molecule has 0 atom stereocenters. The van der Waals surface area contributed by atoms with Gasteiger partial charge in [-0.1, -0.05) is 25.1 Å². The Kier molecular flexibility index (Phi) is 7.99. The minimum Gasteiger partial charge on any atom is -0.494 e. The molecule has 0 aromatic heterocycles. The maximum absolute atomic E-state index is 14.6. The monoisotopic (exact) mass is 454 g/mol. The fraction of sp³-hybridized carbons (Fsp3) is 0.519. The number of anilines is 1. The average Bonchev–Trinajstić information content (AvgIpc) is 2.84. The van der Waals surface area contributed by atoms with Crippen LogP contribution in [0.15, 0.2) is 48.5 Å². The quantitative estimate of drug-likeness (QED) is 0.570. The number of hydrogen-bond acceptors (Lipinski definition) is 4. The van der Waals surface area contributed by atoms with Crippen molar-refractivity contribution in [1.29, 1.82) is 0 Å². The summed E-state index contributed by atoms with van der Waals surface area (Å²) in [7, 11) is 0. The van der Waals surface area contributed by atoms with Crippen molar-refractivity contribution in [2.75, 3.05) is 44.8 Å². The molecule has 0 aliphatic carbocycles. The summed E-state index contributed by atoms with van der Waals surface area (Å²) in [5.41, 5.74) is 0.191. The summed E-state index contributed by atoms with van der Waals surface area (Å²) < 4.78 is 26.0. The van der Waals surface area contributed by atoms with Gasteiger partial charge in [0.2, 0.25) is 5.91 Å². The highest BCUT2D eigenvalue weighted by Crippen LogP contribution is 2.37. The van der Waals surface area contributed by atoms with Gasteiger partial charge in [0.15, 0.2) is 0 Å². The number of rotatable bonds is 8. The van der Waals surface area contributed by atoms with Crippen molar-refractivity contribution in [3.63, 3.8) is 0 Å². The number of nitrogens with one attached hydrogen (secondary N) is 1. The van der Waals surface area contributed by atoms with Crippen molar-refractivity contribution in [3.05, 3.63) is 59.9 Å². The molecular formula is C27H35FN2O3. The van der Waals surface area contributed by atoms with Crippen LogP contribution in [0.25, 0.3) is 0 Å². The third kappa shape index (κ3) is 5.92. The molecular weight excluding hydrogens is 419 g/mol. The van der Waals surface area contributed by atoms with E-state index in [0.717, 1.165) is 24.6 Å². The Bertz CT molecular complexity index is 904. The van der Waals surface area contributed by atoms with Gasteiger partial charge in [-0.05, 0) is 81.4 Å². The van der Waals surface area contributed by atoms with Crippen molar-refractivity contribution in [2.45, 2.75) is 44.4 Å². The van der Waals surface area contributed by atoms with E-state index >= 15 is 0 Å². The van der Waals surface area contributed by atoms with Crippen molar-refractivity contribution < 1.29 is 18.7 Å². The first-order valence-corrected chi connectivity index (χ1v) is 12.2. The van der Waals surface area contributed by atoms with Gasteiger partial charge in [0.1, 0.15) is 11.6 Å². The fourth-order valence-corrected chi connectivity index (χ4v) is 4.84. The molecule has 0 unspecified atom stereocenters. The molecule has 0 bridgehead atoms. The van der Waals surface area contributed by atoms with E-state index in [1.165, 1.54) is 32.0 Å². The third-order valence-corrected chi connectivity index (χ3v) is 7.05. The topological polar surface area (TPSA) is 50.8 Å². The van der Waals surface area contributed by atoms with Crippen molar-refractivity contribution in [2.24, 2.45) is 5.92 Å². The van der Waals surface area contributed by atoms with Crippen LogP contribution < -0.4 is 10.1 Å². The maximum Gasteiger partial charge on any atom is 0.235 e. The largest absolute Gasteiger partial charge is 0.494 e. The van der Waals surface area contributed by atoms with Crippen LogP contribution in [-0.2, 0) is 14.9 Å². The van der Waals surface area contributed by atoms with Crippen LogP contribution in [-0.4, -0.2) is 50.3 Å². The molecule has 1 N–H and O–H groups in total. The lowest BCUT2D eigenvalue weighted by Crippen LogP contribution is -2.45. The molecule has 5 nitrogen and oxygen atoms in total. The molecule has 4 rings (SSSR count). The number of piperidine rings is 1. The molecule has 0 spiro atoms. The van der Waals surface area contributed by atoms with Crippen molar-refractivity contribution >= 4 is 11.6 Å². The summed E-state index contributed by atoms with van der Waals surface area (Å²) in [5, 5.41) is 3.00. The Labute approximate surface area is 196 Å². The first kappa shape index (κ1) is 23.7. The molecule has 2 heterocycles.